The van der Waals surface area contributed by atoms with E-state index in [4.69, 9.17) is 0 Å². The Morgan fingerprint density at radius 3 is 2.34 bits per heavy atom. The number of fused-ring (bicyclic) bond motifs is 11. The molecule has 5 saturated carbocycles. The third kappa shape index (κ3) is 6.17. The number of hydrogen-bond donors (Lipinski definition) is 2. The van der Waals surface area contributed by atoms with Crippen LogP contribution in [0.5, 0.6) is 0 Å². The second kappa shape index (κ2) is 15.5. The van der Waals surface area contributed by atoms with Crippen LogP contribution in [0.1, 0.15) is 181 Å². The van der Waals surface area contributed by atoms with Gasteiger partial charge >= 0.3 is 0 Å². The molecule has 1 spiro atoms. The summed E-state index contributed by atoms with van der Waals surface area (Å²) in [7, 11) is 0. The monoisotopic (exact) mass is 803 g/mol. The van der Waals surface area contributed by atoms with Crippen LogP contribution in [-0.4, -0.2) is 28.7 Å². The molecule has 0 aromatic heterocycles. The van der Waals surface area contributed by atoms with E-state index >= 15 is 0 Å². The van der Waals surface area contributed by atoms with Crippen LogP contribution in [0.4, 0.5) is 0 Å². The molecular formula is C55H82N2S. The molecule has 17 atom stereocenters. The Morgan fingerprint density at radius 1 is 0.655 bits per heavy atom. The minimum atomic E-state index is 0.454. The van der Waals surface area contributed by atoms with E-state index in [0.717, 1.165) is 87.6 Å². The van der Waals surface area contributed by atoms with Gasteiger partial charge in [0.1, 0.15) is 0 Å². The highest BCUT2D eigenvalue weighted by atomic mass is 32.2. The number of thioether (sulfide) groups is 1. The van der Waals surface area contributed by atoms with E-state index in [-0.39, 0.29) is 0 Å². The lowest BCUT2D eigenvalue weighted by Gasteiger charge is -2.48. The van der Waals surface area contributed by atoms with Gasteiger partial charge in [-0.25, -0.2) is 0 Å². The molecule has 318 valence electrons. The Hall–Kier alpha value is -0.770. The molecule has 7 fully saturated rings. The number of allylic oxidation sites excluding steroid dienone is 7. The first kappa shape index (κ1) is 38.9. The van der Waals surface area contributed by atoms with Crippen molar-refractivity contribution in [2.24, 2.45) is 81.8 Å². The van der Waals surface area contributed by atoms with Crippen molar-refractivity contribution < 1.29 is 0 Å². The molecule has 0 bridgehead atoms. The summed E-state index contributed by atoms with van der Waals surface area (Å²) in [5, 5.41) is 10.4. The van der Waals surface area contributed by atoms with E-state index in [1.165, 1.54) is 141 Å². The molecule has 2 N–H and O–H groups in total. The van der Waals surface area contributed by atoms with Crippen molar-refractivity contribution in [3.8, 4) is 0 Å². The number of hydrogen-bond acceptors (Lipinski definition) is 3. The van der Waals surface area contributed by atoms with Crippen molar-refractivity contribution in [1.82, 2.24) is 10.6 Å². The summed E-state index contributed by atoms with van der Waals surface area (Å²) in [6.07, 6.45) is 52.2. The van der Waals surface area contributed by atoms with Gasteiger partial charge in [0.05, 0.1) is 6.17 Å². The second-order valence-corrected chi connectivity index (χ2v) is 25.4. The maximum absolute atomic E-state index is 4.39. The van der Waals surface area contributed by atoms with Crippen LogP contribution in [0.25, 0.3) is 0 Å². The van der Waals surface area contributed by atoms with Crippen LogP contribution < -0.4 is 10.6 Å². The van der Waals surface area contributed by atoms with Crippen molar-refractivity contribution in [2.75, 3.05) is 0 Å². The first-order valence-corrected chi connectivity index (χ1v) is 27.4. The van der Waals surface area contributed by atoms with Gasteiger partial charge in [-0.15, -0.1) is 0 Å². The molecule has 0 aromatic rings. The average Bonchev–Trinajstić information content (AvgIpc) is 3.87. The molecule has 2 heterocycles. The summed E-state index contributed by atoms with van der Waals surface area (Å²) in [5.41, 5.74) is 7.37. The number of rotatable bonds is 4. The highest BCUT2D eigenvalue weighted by molar-refractivity contribution is 8.00. The SMILES string of the molecule is CC1(C)C2CCC3=C(C2C2CCC=C(C4CCCC(C5C=CC(C6NC(C7CC=CCC7)NC7C8CCCCC8SC67)CC5)C4)C21)C1(CCCCC1)C1CCCCC31. The van der Waals surface area contributed by atoms with Gasteiger partial charge in [0.15, 0.2) is 0 Å². The third-order valence-corrected chi connectivity index (χ3v) is 23.2. The molecule has 3 heteroatoms. The van der Waals surface area contributed by atoms with Crippen molar-refractivity contribution in [3.05, 3.63) is 47.1 Å². The van der Waals surface area contributed by atoms with E-state index in [9.17, 15) is 0 Å². The van der Waals surface area contributed by atoms with Crippen molar-refractivity contribution in [1.29, 1.82) is 0 Å². The lowest BCUT2D eigenvalue weighted by Crippen LogP contribution is -2.68. The molecule has 2 aliphatic heterocycles. The van der Waals surface area contributed by atoms with E-state index < -0.39 is 0 Å². The maximum atomic E-state index is 4.39. The highest BCUT2D eigenvalue weighted by Gasteiger charge is 2.65. The smallest absolute Gasteiger partial charge is 0.0609 e. The van der Waals surface area contributed by atoms with E-state index in [1.807, 2.05) is 5.57 Å². The number of nitrogens with one attached hydrogen (secondary N) is 2. The van der Waals surface area contributed by atoms with Crippen LogP contribution >= 0.6 is 11.8 Å². The highest BCUT2D eigenvalue weighted by Crippen LogP contribution is 2.74. The Balaban J connectivity index is 0.772. The lowest BCUT2D eigenvalue weighted by molar-refractivity contribution is 0.0806. The molecule has 0 aromatic carbocycles. The van der Waals surface area contributed by atoms with Crippen LogP contribution in [0, 0.1) is 81.8 Å². The van der Waals surface area contributed by atoms with Crippen LogP contribution in [0.2, 0.25) is 0 Å². The fourth-order valence-electron chi connectivity index (χ4n) is 19.2. The molecule has 12 aliphatic rings. The van der Waals surface area contributed by atoms with Gasteiger partial charge in [0.2, 0.25) is 0 Å². The zero-order valence-electron chi connectivity index (χ0n) is 37.0. The fourth-order valence-corrected chi connectivity index (χ4v) is 21.3. The minimum absolute atomic E-state index is 0.454. The second-order valence-electron chi connectivity index (χ2n) is 24.0. The summed E-state index contributed by atoms with van der Waals surface area (Å²) in [6.45, 7) is 5.62. The summed E-state index contributed by atoms with van der Waals surface area (Å²) in [5.74, 6) is 10.6. The largest absolute Gasteiger partial charge is 0.297 e. The Bertz CT molecular complexity index is 1660. The standard InChI is InChI=1S/C55H82N2S/c1-54(2)45-30-29-41-40-19-7-9-23-44(40)55(31-11-4-12-32-55)49(41)47(45)43-22-14-21-39(48(43)54)38-18-13-17-37(33-38)34-25-27-35(28-26-34)50-52-51(42-20-8-10-24-46(42)58-52)57-53(56-50)36-15-5-3-6-16-36/h3,5,21,25,27,34-38,40,42-48,50-53,56-57H,4,6-20,22-24,26,28-33H2,1-2H3. The van der Waals surface area contributed by atoms with Gasteiger partial charge in [0.25, 0.3) is 0 Å². The van der Waals surface area contributed by atoms with Crippen LogP contribution in [-0.2, 0) is 0 Å². The molecule has 0 amide bonds. The minimum Gasteiger partial charge on any atom is -0.297 e. The first-order valence-electron chi connectivity index (χ1n) is 26.4. The first-order chi connectivity index (χ1) is 28.5. The summed E-state index contributed by atoms with van der Waals surface area (Å²) in [4.78, 5) is 0. The van der Waals surface area contributed by atoms with Crippen molar-refractivity contribution in [2.45, 2.75) is 210 Å². The Morgan fingerprint density at radius 2 is 1.48 bits per heavy atom. The summed E-state index contributed by atoms with van der Waals surface area (Å²) in [6, 6.07) is 1.38. The Labute approximate surface area is 359 Å². The van der Waals surface area contributed by atoms with Gasteiger partial charge in [-0.05, 0) is 197 Å². The van der Waals surface area contributed by atoms with Crippen LogP contribution in [0.15, 0.2) is 47.1 Å². The molecule has 2 nitrogen and oxygen atoms in total. The van der Waals surface area contributed by atoms with Gasteiger partial charge in [-0.2, -0.15) is 11.8 Å². The van der Waals surface area contributed by atoms with Gasteiger partial charge in [0, 0.05) is 22.6 Å². The third-order valence-electron chi connectivity index (χ3n) is 21.4. The Kier molecular flexibility index (Phi) is 10.4. The quantitative estimate of drug-likeness (QED) is 0.277. The molecule has 58 heavy (non-hydrogen) atoms. The maximum Gasteiger partial charge on any atom is 0.0609 e. The zero-order valence-corrected chi connectivity index (χ0v) is 37.8. The average molecular weight is 803 g/mol. The predicted octanol–water partition coefficient (Wildman–Crippen LogP) is 13.7. The van der Waals surface area contributed by atoms with Gasteiger partial charge < -0.3 is 0 Å². The topological polar surface area (TPSA) is 24.1 Å². The summed E-state index contributed by atoms with van der Waals surface area (Å²) < 4.78 is 0. The zero-order chi connectivity index (χ0) is 38.6. The van der Waals surface area contributed by atoms with E-state index in [2.05, 4.69) is 77.8 Å². The lowest BCUT2D eigenvalue weighted by atomic mass is 9.56. The molecule has 12 rings (SSSR count). The van der Waals surface area contributed by atoms with E-state index in [0.29, 0.717) is 23.0 Å². The molecule has 17 unspecified atom stereocenters. The van der Waals surface area contributed by atoms with E-state index in [1.54, 1.807) is 25.7 Å². The molecule has 0 radical (unpaired) electrons. The van der Waals surface area contributed by atoms with Gasteiger partial charge in [-0.1, -0.05) is 112 Å². The molecule has 2 saturated heterocycles. The van der Waals surface area contributed by atoms with Crippen molar-refractivity contribution >= 4 is 11.8 Å². The van der Waals surface area contributed by atoms with Crippen LogP contribution in [0.3, 0.4) is 0 Å². The molecule has 10 aliphatic carbocycles. The predicted molar refractivity (Wildman–Crippen MR) is 244 cm³/mol. The molecular weight excluding hydrogens is 721 g/mol. The normalized spacial score (nSPS) is 50.3. The fraction of sp³-hybridized carbons (Fsp3) is 0.855. The van der Waals surface area contributed by atoms with Gasteiger partial charge in [-0.3, -0.25) is 10.6 Å². The summed E-state index contributed by atoms with van der Waals surface area (Å²) >= 11 is 2.42. The van der Waals surface area contributed by atoms with Crippen molar-refractivity contribution in [3.63, 3.8) is 0 Å².